The molecule has 1 saturated heterocycles. The number of hydrogen-bond acceptors (Lipinski definition) is 3. The van der Waals surface area contributed by atoms with Crippen LogP contribution in [0, 0.1) is 5.92 Å². The first-order valence-corrected chi connectivity index (χ1v) is 7.95. The molecule has 0 aromatic rings. The maximum atomic E-state index is 11.6. The average molecular weight is 258 g/mol. The molecule has 0 aromatic carbocycles. The van der Waals surface area contributed by atoms with Crippen molar-refractivity contribution in [2.24, 2.45) is 5.92 Å². The number of rotatable bonds is 7. The van der Waals surface area contributed by atoms with Gasteiger partial charge in [0.25, 0.3) is 0 Å². The largest absolute Gasteiger partial charge is 0.353 e. The van der Waals surface area contributed by atoms with E-state index in [0.29, 0.717) is 12.6 Å². The van der Waals surface area contributed by atoms with Gasteiger partial charge >= 0.3 is 0 Å². The minimum atomic E-state index is 0.135. The molecule has 0 spiro atoms. The van der Waals surface area contributed by atoms with Gasteiger partial charge in [-0.05, 0) is 50.2 Å². The Labute approximate surface area is 109 Å². The molecule has 0 radical (unpaired) electrons. The van der Waals surface area contributed by atoms with Gasteiger partial charge in [-0.15, -0.1) is 0 Å². The quantitative estimate of drug-likeness (QED) is 0.734. The summed E-state index contributed by atoms with van der Waals surface area (Å²) in [4.78, 5) is 11.6. The first-order valence-electron chi connectivity index (χ1n) is 6.80. The lowest BCUT2D eigenvalue weighted by Crippen LogP contribution is -2.40. The van der Waals surface area contributed by atoms with E-state index < -0.39 is 0 Å². The Bertz CT molecular complexity index is 217. The van der Waals surface area contributed by atoms with E-state index in [1.807, 2.05) is 11.8 Å². The Balaban J connectivity index is 2.03. The highest BCUT2D eigenvalue weighted by Gasteiger charge is 2.13. The molecule has 17 heavy (non-hydrogen) atoms. The van der Waals surface area contributed by atoms with Crippen LogP contribution in [0.5, 0.6) is 0 Å². The fourth-order valence-electron chi connectivity index (χ4n) is 2.17. The Morgan fingerprint density at radius 3 is 2.76 bits per heavy atom. The molecule has 100 valence electrons. The van der Waals surface area contributed by atoms with Gasteiger partial charge in [-0.2, -0.15) is 11.8 Å². The summed E-state index contributed by atoms with van der Waals surface area (Å²) in [5, 5.41) is 6.29. The second-order valence-electron chi connectivity index (χ2n) is 4.94. The lowest BCUT2D eigenvalue weighted by molar-refractivity contribution is -0.120. The zero-order valence-corrected chi connectivity index (χ0v) is 11.9. The predicted molar refractivity (Wildman–Crippen MR) is 75.4 cm³/mol. The van der Waals surface area contributed by atoms with Crippen LogP contribution in [0.3, 0.4) is 0 Å². The molecule has 3 nitrogen and oxygen atoms in total. The maximum Gasteiger partial charge on any atom is 0.234 e. The third-order valence-electron chi connectivity index (χ3n) is 3.19. The number of amides is 1. The van der Waals surface area contributed by atoms with Crippen LogP contribution < -0.4 is 10.6 Å². The summed E-state index contributed by atoms with van der Waals surface area (Å²) >= 11 is 2.05. The van der Waals surface area contributed by atoms with E-state index in [1.165, 1.54) is 24.3 Å². The molecule has 0 bridgehead atoms. The van der Waals surface area contributed by atoms with Crippen LogP contribution in [0.25, 0.3) is 0 Å². The second-order valence-corrected chi connectivity index (χ2v) is 6.17. The van der Waals surface area contributed by atoms with E-state index in [-0.39, 0.29) is 5.91 Å². The Morgan fingerprint density at radius 2 is 2.12 bits per heavy atom. The molecule has 0 saturated carbocycles. The first-order chi connectivity index (χ1) is 8.22. The molecule has 1 aliphatic heterocycles. The van der Waals surface area contributed by atoms with E-state index in [2.05, 4.69) is 24.5 Å². The average Bonchev–Trinajstić information content (AvgIpc) is 2.30. The number of hydrogen-bond donors (Lipinski definition) is 2. The van der Waals surface area contributed by atoms with Crippen molar-refractivity contribution in [1.29, 1.82) is 0 Å². The number of carbonyl (C=O) groups excluding carboxylic acids is 1. The third kappa shape index (κ3) is 6.94. The molecule has 1 heterocycles. The molecule has 1 unspecified atom stereocenters. The fraction of sp³-hybridized carbons (Fsp3) is 0.923. The van der Waals surface area contributed by atoms with Crippen LogP contribution in [-0.2, 0) is 4.79 Å². The normalized spacial score (nSPS) is 18.9. The van der Waals surface area contributed by atoms with E-state index in [0.717, 1.165) is 25.3 Å². The van der Waals surface area contributed by atoms with Gasteiger partial charge in [0.05, 0.1) is 6.54 Å². The predicted octanol–water partition coefficient (Wildman–Crippen LogP) is 2.02. The lowest BCUT2D eigenvalue weighted by atomic mass is 10.0. The van der Waals surface area contributed by atoms with Crippen molar-refractivity contribution in [3.8, 4) is 0 Å². The van der Waals surface area contributed by atoms with Crippen LogP contribution in [0.4, 0.5) is 0 Å². The highest BCUT2D eigenvalue weighted by molar-refractivity contribution is 7.99. The molecular formula is C13H26N2OS. The summed E-state index contributed by atoms with van der Waals surface area (Å²) in [5.74, 6) is 3.48. The van der Waals surface area contributed by atoms with Crippen molar-refractivity contribution in [2.75, 3.05) is 24.6 Å². The fourth-order valence-corrected chi connectivity index (χ4v) is 3.38. The third-order valence-corrected chi connectivity index (χ3v) is 4.24. The summed E-state index contributed by atoms with van der Waals surface area (Å²) < 4.78 is 0. The van der Waals surface area contributed by atoms with Crippen LogP contribution in [0.15, 0.2) is 0 Å². The zero-order chi connectivity index (χ0) is 12.5. The van der Waals surface area contributed by atoms with Crippen LogP contribution >= 0.6 is 11.8 Å². The molecule has 4 heteroatoms. The Hall–Kier alpha value is -0.220. The number of thioether (sulfide) groups is 1. The Kier molecular flexibility index (Phi) is 7.69. The summed E-state index contributed by atoms with van der Waals surface area (Å²) in [7, 11) is 0. The van der Waals surface area contributed by atoms with Crippen molar-refractivity contribution in [1.82, 2.24) is 10.6 Å². The zero-order valence-electron chi connectivity index (χ0n) is 11.1. The van der Waals surface area contributed by atoms with Gasteiger partial charge in [0.15, 0.2) is 0 Å². The van der Waals surface area contributed by atoms with Crippen molar-refractivity contribution < 1.29 is 4.79 Å². The highest BCUT2D eigenvalue weighted by atomic mass is 32.2. The van der Waals surface area contributed by atoms with Gasteiger partial charge in [-0.1, -0.05) is 13.3 Å². The minimum absolute atomic E-state index is 0.135. The van der Waals surface area contributed by atoms with E-state index in [4.69, 9.17) is 0 Å². The standard InChI is InChI=1S/C13H26N2OS/c1-3-4-11(2)15-13(16)10-14-9-12-5-7-17-8-6-12/h11-12,14H,3-10H2,1-2H3,(H,15,16). The van der Waals surface area contributed by atoms with Gasteiger partial charge in [0.1, 0.15) is 0 Å². The molecule has 1 rings (SSSR count). The molecule has 1 atom stereocenters. The number of carbonyl (C=O) groups is 1. The summed E-state index contributed by atoms with van der Waals surface area (Å²) in [6.07, 6.45) is 4.78. The van der Waals surface area contributed by atoms with Gasteiger partial charge in [0, 0.05) is 6.04 Å². The number of nitrogens with one attached hydrogen (secondary N) is 2. The van der Waals surface area contributed by atoms with Crippen molar-refractivity contribution in [3.05, 3.63) is 0 Å². The molecule has 0 aromatic heterocycles. The highest BCUT2D eigenvalue weighted by Crippen LogP contribution is 2.21. The monoisotopic (exact) mass is 258 g/mol. The Morgan fingerprint density at radius 1 is 1.41 bits per heavy atom. The van der Waals surface area contributed by atoms with Gasteiger partial charge in [0.2, 0.25) is 5.91 Å². The molecule has 0 aliphatic carbocycles. The van der Waals surface area contributed by atoms with Crippen molar-refractivity contribution >= 4 is 17.7 Å². The van der Waals surface area contributed by atoms with Gasteiger partial charge in [-0.25, -0.2) is 0 Å². The summed E-state index contributed by atoms with van der Waals surface area (Å²) in [6.45, 7) is 5.68. The molecular weight excluding hydrogens is 232 g/mol. The van der Waals surface area contributed by atoms with E-state index in [9.17, 15) is 4.79 Å². The van der Waals surface area contributed by atoms with Crippen LogP contribution in [0.2, 0.25) is 0 Å². The smallest absolute Gasteiger partial charge is 0.234 e. The van der Waals surface area contributed by atoms with E-state index in [1.54, 1.807) is 0 Å². The minimum Gasteiger partial charge on any atom is -0.353 e. The van der Waals surface area contributed by atoms with Crippen molar-refractivity contribution in [3.63, 3.8) is 0 Å². The van der Waals surface area contributed by atoms with E-state index >= 15 is 0 Å². The van der Waals surface area contributed by atoms with Crippen LogP contribution in [0.1, 0.15) is 39.5 Å². The molecule has 2 N–H and O–H groups in total. The molecule has 1 amide bonds. The molecule has 1 fully saturated rings. The first kappa shape index (κ1) is 14.8. The topological polar surface area (TPSA) is 41.1 Å². The van der Waals surface area contributed by atoms with Crippen molar-refractivity contribution in [2.45, 2.75) is 45.6 Å². The summed E-state index contributed by atoms with van der Waals surface area (Å²) in [5.41, 5.74) is 0. The SMILES string of the molecule is CCCC(C)NC(=O)CNCC1CCSCC1. The lowest BCUT2D eigenvalue weighted by Gasteiger charge is -2.21. The second kappa shape index (κ2) is 8.81. The molecule has 1 aliphatic rings. The summed E-state index contributed by atoms with van der Waals surface area (Å²) in [6, 6.07) is 0.306. The van der Waals surface area contributed by atoms with Gasteiger partial charge in [-0.3, -0.25) is 4.79 Å². The van der Waals surface area contributed by atoms with Crippen LogP contribution in [-0.4, -0.2) is 36.5 Å². The maximum absolute atomic E-state index is 11.6. The van der Waals surface area contributed by atoms with Gasteiger partial charge < -0.3 is 10.6 Å².